The lowest BCUT2D eigenvalue weighted by Crippen LogP contribution is -2.47. The summed E-state index contributed by atoms with van der Waals surface area (Å²) in [7, 11) is 0. The number of carbonyl (C=O) groups is 4. The van der Waals surface area contributed by atoms with E-state index in [2.05, 4.69) is 16.0 Å². The lowest BCUT2D eigenvalue weighted by Gasteiger charge is -2.25. The normalized spacial score (nSPS) is 19.6. The van der Waals surface area contributed by atoms with Gasteiger partial charge in [0.05, 0.1) is 12.1 Å². The zero-order chi connectivity index (χ0) is 20.1. The van der Waals surface area contributed by atoms with E-state index in [1.54, 1.807) is 24.3 Å². The third kappa shape index (κ3) is 4.99. The molecule has 3 N–H and O–H groups in total. The average molecular weight is 389 g/mol. The number of para-hydroxylation sites is 2. The van der Waals surface area contributed by atoms with E-state index in [1.165, 1.54) is 6.92 Å². The maximum Gasteiger partial charge on any atom is 0.321 e. The Labute approximate surface area is 162 Å². The van der Waals surface area contributed by atoms with Gasteiger partial charge in [-0.2, -0.15) is 0 Å². The van der Waals surface area contributed by atoms with Gasteiger partial charge in [0, 0.05) is 6.04 Å². The Morgan fingerprint density at radius 1 is 1.25 bits per heavy atom. The number of ether oxygens (including phenoxy) is 2. The highest BCUT2D eigenvalue weighted by Crippen LogP contribution is 2.29. The lowest BCUT2D eigenvalue weighted by atomic mass is 10.1. The molecule has 150 valence electrons. The van der Waals surface area contributed by atoms with E-state index in [9.17, 15) is 19.2 Å². The molecule has 9 nitrogen and oxygen atoms in total. The molecule has 1 aromatic carbocycles. The molecule has 0 bridgehead atoms. The fourth-order valence-corrected chi connectivity index (χ4v) is 3.18. The Balaban J connectivity index is 1.45. The van der Waals surface area contributed by atoms with Crippen molar-refractivity contribution in [3.8, 4) is 5.75 Å². The van der Waals surface area contributed by atoms with Crippen molar-refractivity contribution in [2.24, 2.45) is 0 Å². The summed E-state index contributed by atoms with van der Waals surface area (Å²) in [5.74, 6) is -1.53. The molecule has 0 radical (unpaired) electrons. The van der Waals surface area contributed by atoms with Crippen molar-refractivity contribution in [3.63, 3.8) is 0 Å². The van der Waals surface area contributed by atoms with Gasteiger partial charge >= 0.3 is 12.0 Å². The van der Waals surface area contributed by atoms with Gasteiger partial charge in [-0.1, -0.05) is 25.0 Å². The van der Waals surface area contributed by atoms with Crippen LogP contribution in [0.5, 0.6) is 5.75 Å². The molecule has 4 amide bonds. The molecule has 0 unspecified atom stereocenters. The number of rotatable bonds is 5. The standard InChI is InChI=1S/C19H23N3O6/c1-11(17(24)22-19(26)20-12-6-2-3-7-12)27-16(23)10-15-18(25)21-13-8-4-5-9-14(13)28-15/h4-5,8-9,11-12,15H,2-3,6-7,10H2,1H3,(H,21,25)(H2,20,22,24,26)/t11-,15+/m1/s1. The predicted molar refractivity (Wildman–Crippen MR) is 98.6 cm³/mol. The number of hydrogen-bond acceptors (Lipinski definition) is 6. The minimum Gasteiger partial charge on any atom is -0.478 e. The third-order valence-electron chi connectivity index (χ3n) is 4.66. The largest absolute Gasteiger partial charge is 0.478 e. The molecule has 1 saturated carbocycles. The summed E-state index contributed by atoms with van der Waals surface area (Å²) < 4.78 is 10.5. The van der Waals surface area contributed by atoms with Gasteiger partial charge in [-0.15, -0.1) is 0 Å². The van der Waals surface area contributed by atoms with Crippen LogP contribution in [0.15, 0.2) is 24.3 Å². The van der Waals surface area contributed by atoms with Crippen molar-refractivity contribution in [1.29, 1.82) is 0 Å². The molecule has 2 aliphatic rings. The van der Waals surface area contributed by atoms with Gasteiger partial charge < -0.3 is 20.1 Å². The zero-order valence-electron chi connectivity index (χ0n) is 15.5. The molecule has 1 aromatic rings. The number of hydrogen-bond donors (Lipinski definition) is 3. The van der Waals surface area contributed by atoms with Crippen molar-refractivity contribution in [1.82, 2.24) is 10.6 Å². The van der Waals surface area contributed by atoms with Crippen LogP contribution in [0.2, 0.25) is 0 Å². The molecule has 9 heteroatoms. The molecule has 28 heavy (non-hydrogen) atoms. The molecule has 1 fully saturated rings. The Morgan fingerprint density at radius 2 is 1.96 bits per heavy atom. The van der Waals surface area contributed by atoms with E-state index in [-0.39, 0.29) is 12.5 Å². The molecule has 1 aliphatic heterocycles. The van der Waals surface area contributed by atoms with Crippen LogP contribution in [-0.4, -0.2) is 42.1 Å². The van der Waals surface area contributed by atoms with Gasteiger partial charge in [-0.3, -0.25) is 19.7 Å². The summed E-state index contributed by atoms with van der Waals surface area (Å²) in [5.41, 5.74) is 0.526. The first kappa shape index (κ1) is 19.7. The lowest BCUT2D eigenvalue weighted by molar-refractivity contribution is -0.157. The third-order valence-corrected chi connectivity index (χ3v) is 4.66. The molecule has 0 spiro atoms. The quantitative estimate of drug-likeness (QED) is 0.656. The van der Waals surface area contributed by atoms with Crippen LogP contribution in [-0.2, 0) is 19.1 Å². The van der Waals surface area contributed by atoms with E-state index in [0.29, 0.717) is 11.4 Å². The fourth-order valence-electron chi connectivity index (χ4n) is 3.18. The van der Waals surface area contributed by atoms with Crippen LogP contribution >= 0.6 is 0 Å². The van der Waals surface area contributed by atoms with Gasteiger partial charge in [-0.25, -0.2) is 4.79 Å². The highest BCUT2D eigenvalue weighted by Gasteiger charge is 2.31. The van der Waals surface area contributed by atoms with Crippen LogP contribution in [0.1, 0.15) is 39.0 Å². The van der Waals surface area contributed by atoms with Crippen LogP contribution in [0.25, 0.3) is 0 Å². The van der Waals surface area contributed by atoms with E-state index >= 15 is 0 Å². The van der Waals surface area contributed by atoms with Gasteiger partial charge in [0.1, 0.15) is 5.75 Å². The van der Waals surface area contributed by atoms with Crippen molar-refractivity contribution in [2.75, 3.05) is 5.32 Å². The number of amides is 4. The molecule has 3 rings (SSSR count). The molecule has 1 heterocycles. The van der Waals surface area contributed by atoms with E-state index in [4.69, 9.17) is 9.47 Å². The molecule has 1 aliphatic carbocycles. The van der Waals surface area contributed by atoms with Gasteiger partial charge in [0.15, 0.2) is 12.2 Å². The second-order valence-electron chi connectivity index (χ2n) is 6.87. The maximum atomic E-state index is 12.1. The molecule has 0 saturated heterocycles. The summed E-state index contributed by atoms with van der Waals surface area (Å²) in [6, 6.07) is 6.31. The second-order valence-corrected chi connectivity index (χ2v) is 6.87. The number of benzene rings is 1. The Kier molecular flexibility index (Phi) is 6.13. The van der Waals surface area contributed by atoms with Gasteiger partial charge in [0.25, 0.3) is 11.8 Å². The topological polar surface area (TPSA) is 123 Å². The highest BCUT2D eigenvalue weighted by molar-refractivity contribution is 6.00. The van der Waals surface area contributed by atoms with Gasteiger partial charge in [-0.05, 0) is 31.9 Å². The van der Waals surface area contributed by atoms with Crippen LogP contribution in [0.4, 0.5) is 10.5 Å². The predicted octanol–water partition coefficient (Wildman–Crippen LogP) is 1.48. The van der Waals surface area contributed by atoms with Crippen LogP contribution < -0.4 is 20.7 Å². The van der Waals surface area contributed by atoms with E-state index in [1.807, 2.05) is 0 Å². The SMILES string of the molecule is C[C@@H](OC(=O)C[C@@H]1Oc2ccccc2NC1=O)C(=O)NC(=O)NC1CCCC1. The summed E-state index contributed by atoms with van der Waals surface area (Å²) >= 11 is 0. The summed E-state index contributed by atoms with van der Waals surface area (Å²) in [5, 5.41) is 7.52. The molecular weight excluding hydrogens is 366 g/mol. The molecule has 0 aromatic heterocycles. The number of urea groups is 1. The summed E-state index contributed by atoms with van der Waals surface area (Å²) in [6.45, 7) is 1.35. The smallest absolute Gasteiger partial charge is 0.321 e. The van der Waals surface area contributed by atoms with Gasteiger partial charge in [0.2, 0.25) is 0 Å². The minimum absolute atomic E-state index is 0.0653. The number of carbonyl (C=O) groups excluding carboxylic acids is 4. The minimum atomic E-state index is -1.18. The zero-order valence-corrected chi connectivity index (χ0v) is 15.5. The maximum absolute atomic E-state index is 12.1. The Bertz CT molecular complexity index is 775. The van der Waals surface area contributed by atoms with Crippen molar-refractivity contribution in [3.05, 3.63) is 24.3 Å². The Hall–Kier alpha value is -3.10. The fraction of sp³-hybridized carbons (Fsp3) is 0.474. The summed E-state index contributed by atoms with van der Waals surface area (Å²) in [4.78, 5) is 48.0. The first-order valence-corrected chi connectivity index (χ1v) is 9.30. The number of fused-ring (bicyclic) bond motifs is 1. The number of esters is 1. The van der Waals surface area contributed by atoms with Crippen molar-refractivity contribution in [2.45, 2.75) is 57.3 Å². The van der Waals surface area contributed by atoms with Crippen LogP contribution in [0.3, 0.4) is 0 Å². The van der Waals surface area contributed by atoms with Crippen molar-refractivity contribution >= 4 is 29.5 Å². The highest BCUT2D eigenvalue weighted by atomic mass is 16.6. The summed E-state index contributed by atoms with van der Waals surface area (Å²) in [6.07, 6.45) is 1.29. The van der Waals surface area contributed by atoms with Crippen LogP contribution in [0, 0.1) is 0 Å². The van der Waals surface area contributed by atoms with Crippen molar-refractivity contribution < 1.29 is 28.7 Å². The molecular formula is C19H23N3O6. The Morgan fingerprint density at radius 3 is 2.71 bits per heavy atom. The first-order chi connectivity index (χ1) is 13.4. The second kappa shape index (κ2) is 8.73. The average Bonchev–Trinajstić information content (AvgIpc) is 3.15. The van der Waals surface area contributed by atoms with E-state index in [0.717, 1.165) is 25.7 Å². The van der Waals surface area contributed by atoms with E-state index < -0.39 is 36.0 Å². The first-order valence-electron chi connectivity index (χ1n) is 9.30. The number of anilines is 1. The number of nitrogens with one attached hydrogen (secondary N) is 3. The number of imide groups is 1. The molecule has 2 atom stereocenters. The monoisotopic (exact) mass is 389 g/mol.